The molecule has 0 spiro atoms. The Hall–Kier alpha value is -2.68. The van der Waals surface area contributed by atoms with Crippen LogP contribution in [0.5, 0.6) is 0 Å². The van der Waals surface area contributed by atoms with Gasteiger partial charge in [0.15, 0.2) is 5.76 Å². The van der Waals surface area contributed by atoms with Gasteiger partial charge in [-0.15, -0.1) is 0 Å². The van der Waals surface area contributed by atoms with Crippen LogP contribution in [0.25, 0.3) is 11.0 Å². The number of aryl methyl sites for hydroxylation is 2. The van der Waals surface area contributed by atoms with E-state index >= 15 is 0 Å². The molecule has 174 valence electrons. The number of piperazine rings is 1. The lowest BCUT2D eigenvalue weighted by atomic mass is 9.92. The second kappa shape index (κ2) is 8.93. The first-order valence-electron chi connectivity index (χ1n) is 11.4. The lowest BCUT2D eigenvalue weighted by Gasteiger charge is -2.34. The lowest BCUT2D eigenvalue weighted by molar-refractivity contribution is 0.0662. The highest BCUT2D eigenvalue weighted by Gasteiger charge is 2.33. The number of furan rings is 1. The second-order valence-electron chi connectivity index (χ2n) is 8.67. The Labute approximate surface area is 194 Å². The fraction of sp³-hybridized carbons (Fsp3) is 0.400. The Morgan fingerprint density at radius 3 is 2.48 bits per heavy atom. The van der Waals surface area contributed by atoms with Crippen molar-refractivity contribution in [2.45, 2.75) is 37.2 Å². The number of ether oxygens (including phenoxy) is 1. The van der Waals surface area contributed by atoms with Gasteiger partial charge in [0.2, 0.25) is 10.0 Å². The van der Waals surface area contributed by atoms with E-state index in [2.05, 4.69) is 0 Å². The summed E-state index contributed by atoms with van der Waals surface area (Å²) in [5, 5.41) is 0.858. The highest BCUT2D eigenvalue weighted by atomic mass is 32.2. The number of methoxy groups -OCH3 is 1. The summed E-state index contributed by atoms with van der Waals surface area (Å²) in [7, 11) is -2.01. The van der Waals surface area contributed by atoms with Crippen LogP contribution in [0.2, 0.25) is 0 Å². The maximum Gasteiger partial charge on any atom is 0.290 e. The first-order chi connectivity index (χ1) is 16.0. The van der Waals surface area contributed by atoms with Crippen molar-refractivity contribution in [2.24, 2.45) is 0 Å². The molecule has 2 aliphatic rings. The van der Waals surface area contributed by atoms with Crippen molar-refractivity contribution >= 4 is 26.9 Å². The molecule has 1 fully saturated rings. The number of nitrogens with zero attached hydrogens (tertiary/aromatic N) is 2. The highest BCUT2D eigenvalue weighted by molar-refractivity contribution is 7.89. The van der Waals surface area contributed by atoms with E-state index in [9.17, 15) is 13.2 Å². The van der Waals surface area contributed by atoms with Gasteiger partial charge in [-0.25, -0.2) is 8.42 Å². The molecular weight excluding hydrogens is 440 g/mol. The van der Waals surface area contributed by atoms with E-state index in [0.717, 1.165) is 42.2 Å². The molecule has 0 N–H and O–H groups in total. The number of carbonyl (C=O) groups excluding carboxylic acids is 1. The quantitative estimate of drug-likeness (QED) is 0.572. The van der Waals surface area contributed by atoms with Gasteiger partial charge < -0.3 is 14.1 Å². The number of benzene rings is 2. The number of para-hydroxylation sites is 1. The summed E-state index contributed by atoms with van der Waals surface area (Å²) < 4.78 is 39.2. The van der Waals surface area contributed by atoms with E-state index < -0.39 is 10.0 Å². The fourth-order valence-corrected chi connectivity index (χ4v) is 6.33. The summed E-state index contributed by atoms with van der Waals surface area (Å²) in [4.78, 5) is 15.3. The SMILES string of the molecule is COCc1c(C(=O)N2CCN(S(=O)(=O)c3ccc4c(c3)CCCC4)CC2)oc2ccccc12. The molecule has 3 aromatic rings. The Balaban J connectivity index is 1.32. The molecule has 0 atom stereocenters. The molecule has 7 nitrogen and oxygen atoms in total. The molecule has 1 aliphatic carbocycles. The van der Waals surface area contributed by atoms with E-state index in [1.54, 1.807) is 18.1 Å². The van der Waals surface area contributed by atoms with Crippen molar-refractivity contribution in [1.29, 1.82) is 0 Å². The standard InChI is InChI=1S/C25H28N2O5S/c1-31-17-22-21-8-4-5-9-23(21)32-24(22)25(28)26-12-14-27(15-13-26)33(29,30)20-11-10-18-6-2-3-7-19(18)16-20/h4-5,8-11,16H,2-3,6-7,12-15,17H2,1H3. The summed E-state index contributed by atoms with van der Waals surface area (Å²) in [6.45, 7) is 1.40. The third kappa shape index (κ3) is 4.07. The zero-order chi connectivity index (χ0) is 23.0. The van der Waals surface area contributed by atoms with Crippen LogP contribution in [-0.4, -0.2) is 56.8 Å². The number of rotatable bonds is 5. The van der Waals surface area contributed by atoms with Crippen LogP contribution >= 0.6 is 0 Å². The molecule has 33 heavy (non-hydrogen) atoms. The van der Waals surface area contributed by atoms with E-state index in [-0.39, 0.29) is 31.4 Å². The van der Waals surface area contributed by atoms with Gasteiger partial charge in [-0.1, -0.05) is 24.3 Å². The number of hydrogen-bond donors (Lipinski definition) is 0. The fourth-order valence-electron chi connectivity index (χ4n) is 4.85. The summed E-state index contributed by atoms with van der Waals surface area (Å²) in [5.74, 6) is 0.0353. The van der Waals surface area contributed by atoms with Crippen molar-refractivity contribution in [3.8, 4) is 0 Å². The van der Waals surface area contributed by atoms with Gasteiger partial charge in [-0.2, -0.15) is 4.31 Å². The zero-order valence-corrected chi connectivity index (χ0v) is 19.6. The van der Waals surface area contributed by atoms with Crippen molar-refractivity contribution < 1.29 is 22.4 Å². The minimum absolute atomic E-state index is 0.232. The molecule has 2 aromatic carbocycles. The molecule has 8 heteroatoms. The lowest BCUT2D eigenvalue weighted by Crippen LogP contribution is -2.50. The van der Waals surface area contributed by atoms with Gasteiger partial charge in [0.1, 0.15) is 5.58 Å². The summed E-state index contributed by atoms with van der Waals surface area (Å²) in [6.07, 6.45) is 4.21. The first-order valence-corrected chi connectivity index (χ1v) is 12.8. The molecule has 0 saturated carbocycles. The van der Waals surface area contributed by atoms with Crippen LogP contribution < -0.4 is 0 Å². The van der Waals surface area contributed by atoms with E-state index in [1.807, 2.05) is 36.4 Å². The van der Waals surface area contributed by atoms with Crippen molar-refractivity contribution in [1.82, 2.24) is 9.21 Å². The first kappa shape index (κ1) is 22.1. The summed E-state index contributed by atoms with van der Waals surface area (Å²) in [6, 6.07) is 13.0. The Morgan fingerprint density at radius 1 is 1.00 bits per heavy atom. The molecule has 1 saturated heterocycles. The molecule has 5 rings (SSSR count). The minimum Gasteiger partial charge on any atom is -0.451 e. The average Bonchev–Trinajstić information content (AvgIpc) is 3.22. The molecule has 0 radical (unpaired) electrons. The Bertz CT molecular complexity index is 1290. The van der Waals surface area contributed by atoms with Gasteiger partial charge in [0.05, 0.1) is 11.5 Å². The number of fused-ring (bicyclic) bond motifs is 2. The molecule has 1 aromatic heterocycles. The maximum atomic E-state index is 13.3. The second-order valence-corrected chi connectivity index (χ2v) is 10.6. The molecule has 1 aliphatic heterocycles. The number of sulfonamides is 1. The van der Waals surface area contributed by atoms with Gasteiger partial charge in [-0.05, 0) is 55.0 Å². The molecule has 0 unspecified atom stereocenters. The monoisotopic (exact) mass is 468 g/mol. The molecular formula is C25H28N2O5S. The maximum absolute atomic E-state index is 13.3. The average molecular weight is 469 g/mol. The molecule has 1 amide bonds. The van der Waals surface area contributed by atoms with Crippen molar-refractivity contribution in [3.05, 3.63) is 64.9 Å². The smallest absolute Gasteiger partial charge is 0.290 e. The molecule has 0 bridgehead atoms. The third-order valence-electron chi connectivity index (χ3n) is 6.66. The highest BCUT2D eigenvalue weighted by Crippen LogP contribution is 2.29. The zero-order valence-electron chi connectivity index (χ0n) is 18.7. The van der Waals surface area contributed by atoms with Crippen molar-refractivity contribution in [2.75, 3.05) is 33.3 Å². The largest absolute Gasteiger partial charge is 0.451 e. The van der Waals surface area contributed by atoms with Crippen LogP contribution in [-0.2, 0) is 34.2 Å². The van der Waals surface area contributed by atoms with Crippen LogP contribution in [0.4, 0.5) is 0 Å². The Kier molecular flexibility index (Phi) is 5.99. The Morgan fingerprint density at radius 2 is 1.73 bits per heavy atom. The van der Waals surface area contributed by atoms with Gasteiger partial charge in [0, 0.05) is 44.2 Å². The van der Waals surface area contributed by atoms with Crippen LogP contribution in [0, 0.1) is 0 Å². The number of hydrogen-bond acceptors (Lipinski definition) is 5. The van der Waals surface area contributed by atoms with E-state index in [4.69, 9.17) is 9.15 Å². The number of amides is 1. The van der Waals surface area contributed by atoms with Gasteiger partial charge >= 0.3 is 0 Å². The van der Waals surface area contributed by atoms with E-state index in [1.165, 1.54) is 9.87 Å². The van der Waals surface area contributed by atoms with Gasteiger partial charge in [0.25, 0.3) is 5.91 Å². The predicted molar refractivity (Wildman–Crippen MR) is 125 cm³/mol. The van der Waals surface area contributed by atoms with Crippen LogP contribution in [0.1, 0.15) is 40.1 Å². The van der Waals surface area contributed by atoms with E-state index in [0.29, 0.717) is 23.6 Å². The third-order valence-corrected chi connectivity index (χ3v) is 8.56. The normalized spacial score (nSPS) is 17.3. The van der Waals surface area contributed by atoms with Crippen molar-refractivity contribution in [3.63, 3.8) is 0 Å². The molecule has 2 heterocycles. The summed E-state index contributed by atoms with van der Waals surface area (Å²) in [5.41, 5.74) is 3.77. The topological polar surface area (TPSA) is 80.1 Å². The summed E-state index contributed by atoms with van der Waals surface area (Å²) >= 11 is 0. The van der Waals surface area contributed by atoms with Gasteiger partial charge in [-0.3, -0.25) is 4.79 Å². The predicted octanol–water partition coefficient (Wildman–Crippen LogP) is 3.60. The van der Waals surface area contributed by atoms with Crippen LogP contribution in [0.15, 0.2) is 51.8 Å². The minimum atomic E-state index is -3.59. The number of carbonyl (C=O) groups is 1. The van der Waals surface area contributed by atoms with Crippen LogP contribution in [0.3, 0.4) is 0 Å².